The first-order valence-electron chi connectivity index (χ1n) is 10.3. The molecule has 1 amide bonds. The lowest BCUT2D eigenvalue weighted by atomic mass is 10.0. The van der Waals surface area contributed by atoms with Crippen LogP contribution in [0, 0.1) is 0 Å². The Morgan fingerprint density at radius 1 is 1.00 bits per heavy atom. The normalized spacial score (nSPS) is 12.1. The molecule has 0 aliphatic carbocycles. The van der Waals surface area contributed by atoms with Crippen LogP contribution in [-0.2, 0) is 11.2 Å². The summed E-state index contributed by atoms with van der Waals surface area (Å²) in [4.78, 5) is 16.8. The fraction of sp³-hybridized carbons (Fsp3) is 0.200. The summed E-state index contributed by atoms with van der Waals surface area (Å²) in [5.41, 5.74) is 2.87. The smallest absolute Gasteiger partial charge is 0.320 e. The highest BCUT2D eigenvalue weighted by atomic mass is 19.3. The lowest BCUT2D eigenvalue weighted by molar-refractivity contribution is -0.123. The van der Waals surface area contributed by atoms with Gasteiger partial charge in [-0.05, 0) is 36.2 Å². The molecular weight excluding hydrogens is 412 g/mol. The second-order valence-electron chi connectivity index (χ2n) is 7.45. The molecular formula is C25H23F2N3O2. The molecule has 0 spiro atoms. The number of halogens is 2. The monoisotopic (exact) mass is 435 g/mol. The van der Waals surface area contributed by atoms with Gasteiger partial charge in [-0.15, -0.1) is 0 Å². The van der Waals surface area contributed by atoms with Gasteiger partial charge in [0, 0.05) is 6.42 Å². The highest BCUT2D eigenvalue weighted by Crippen LogP contribution is 2.26. The van der Waals surface area contributed by atoms with E-state index < -0.39 is 18.5 Å². The van der Waals surface area contributed by atoms with Crippen molar-refractivity contribution in [1.29, 1.82) is 0 Å². The van der Waals surface area contributed by atoms with Crippen molar-refractivity contribution in [1.82, 2.24) is 14.9 Å². The summed E-state index contributed by atoms with van der Waals surface area (Å²) < 4.78 is 33.9. The maximum atomic E-state index is 13.7. The zero-order valence-electron chi connectivity index (χ0n) is 17.5. The first kappa shape index (κ1) is 21.5. The lowest BCUT2D eigenvalue weighted by Gasteiger charge is -2.17. The number of ether oxygens (including phenoxy) is 1. The SMILES string of the molecule is CC(NC(=O)COc1ccccc1Cc1ccccc1)c1nc2ccccc2n1C(F)F. The van der Waals surface area contributed by atoms with Crippen LogP contribution < -0.4 is 10.1 Å². The van der Waals surface area contributed by atoms with E-state index in [9.17, 15) is 13.6 Å². The molecule has 0 saturated carbocycles. The van der Waals surface area contributed by atoms with Gasteiger partial charge in [0.1, 0.15) is 11.6 Å². The van der Waals surface area contributed by atoms with Gasteiger partial charge in [-0.25, -0.2) is 4.98 Å². The molecule has 0 fully saturated rings. The molecule has 1 aromatic heterocycles. The maximum Gasteiger partial charge on any atom is 0.320 e. The summed E-state index contributed by atoms with van der Waals surface area (Å²) in [6, 6.07) is 23.4. The van der Waals surface area contributed by atoms with E-state index in [-0.39, 0.29) is 12.4 Å². The van der Waals surface area contributed by atoms with Crippen LogP contribution in [0.1, 0.15) is 36.5 Å². The number of imidazole rings is 1. The van der Waals surface area contributed by atoms with Gasteiger partial charge in [0.25, 0.3) is 5.91 Å². The largest absolute Gasteiger partial charge is 0.483 e. The van der Waals surface area contributed by atoms with Gasteiger partial charge in [-0.3, -0.25) is 9.36 Å². The van der Waals surface area contributed by atoms with Crippen LogP contribution in [0.25, 0.3) is 11.0 Å². The van der Waals surface area contributed by atoms with Crippen LogP contribution >= 0.6 is 0 Å². The molecule has 3 aromatic carbocycles. The van der Waals surface area contributed by atoms with E-state index in [0.29, 0.717) is 23.2 Å². The average Bonchev–Trinajstić information content (AvgIpc) is 3.19. The zero-order valence-corrected chi connectivity index (χ0v) is 17.5. The molecule has 0 bridgehead atoms. The number of aromatic nitrogens is 2. The summed E-state index contributed by atoms with van der Waals surface area (Å²) >= 11 is 0. The molecule has 4 aromatic rings. The fourth-order valence-corrected chi connectivity index (χ4v) is 3.67. The summed E-state index contributed by atoms with van der Waals surface area (Å²) in [7, 11) is 0. The number of para-hydroxylation sites is 3. The Kier molecular flexibility index (Phi) is 6.44. The average molecular weight is 435 g/mol. The molecule has 0 saturated heterocycles. The lowest BCUT2D eigenvalue weighted by Crippen LogP contribution is -2.32. The first-order valence-corrected chi connectivity index (χ1v) is 10.3. The molecule has 1 unspecified atom stereocenters. The van der Waals surface area contributed by atoms with Crippen LogP contribution in [0.4, 0.5) is 8.78 Å². The Morgan fingerprint density at radius 3 is 2.47 bits per heavy atom. The number of nitrogens with zero attached hydrogens (tertiary/aromatic N) is 2. The topological polar surface area (TPSA) is 56.1 Å². The predicted octanol–water partition coefficient (Wildman–Crippen LogP) is 5.28. The minimum atomic E-state index is -2.77. The third kappa shape index (κ3) is 4.77. The van der Waals surface area contributed by atoms with Crippen LogP contribution in [0.15, 0.2) is 78.9 Å². The number of amides is 1. The summed E-state index contributed by atoms with van der Waals surface area (Å²) in [5.74, 6) is 0.290. The van der Waals surface area contributed by atoms with Crippen molar-refractivity contribution < 1.29 is 18.3 Å². The van der Waals surface area contributed by atoms with E-state index in [1.54, 1.807) is 31.2 Å². The van der Waals surface area contributed by atoms with Gasteiger partial charge >= 0.3 is 6.55 Å². The number of nitrogens with one attached hydrogen (secondary N) is 1. The third-order valence-corrected chi connectivity index (χ3v) is 5.15. The van der Waals surface area contributed by atoms with E-state index in [1.165, 1.54) is 0 Å². The molecule has 0 aliphatic heterocycles. The Bertz CT molecular complexity index is 1210. The van der Waals surface area contributed by atoms with E-state index in [2.05, 4.69) is 10.3 Å². The Hall–Kier alpha value is -3.74. The molecule has 0 aliphatic rings. The molecule has 0 radical (unpaired) electrons. The highest BCUT2D eigenvalue weighted by Gasteiger charge is 2.23. The van der Waals surface area contributed by atoms with E-state index in [1.807, 2.05) is 54.6 Å². The second-order valence-corrected chi connectivity index (χ2v) is 7.45. The van der Waals surface area contributed by atoms with E-state index >= 15 is 0 Å². The van der Waals surface area contributed by atoms with Crippen LogP contribution in [0.3, 0.4) is 0 Å². The minimum absolute atomic E-state index is 0.0963. The molecule has 1 atom stereocenters. The van der Waals surface area contributed by atoms with Gasteiger partial charge < -0.3 is 10.1 Å². The van der Waals surface area contributed by atoms with Crippen molar-refractivity contribution >= 4 is 16.9 Å². The number of rotatable bonds is 8. The maximum absolute atomic E-state index is 13.7. The predicted molar refractivity (Wildman–Crippen MR) is 119 cm³/mol. The quantitative estimate of drug-likeness (QED) is 0.410. The molecule has 1 N–H and O–H groups in total. The summed E-state index contributed by atoms with van der Waals surface area (Å²) in [5, 5.41) is 2.71. The Balaban J connectivity index is 1.43. The van der Waals surface area contributed by atoms with Gasteiger partial charge in [0.05, 0.1) is 17.1 Å². The van der Waals surface area contributed by atoms with Crippen molar-refractivity contribution in [2.75, 3.05) is 6.61 Å². The number of carbonyl (C=O) groups is 1. The first-order chi connectivity index (χ1) is 15.5. The van der Waals surface area contributed by atoms with Crippen molar-refractivity contribution in [2.45, 2.75) is 25.9 Å². The number of hydrogen-bond acceptors (Lipinski definition) is 3. The standard InChI is InChI=1S/C25H23F2N3O2/c1-17(24-29-20-12-6-7-13-21(20)30(24)25(26)27)28-23(31)16-32-22-14-8-5-11-19(22)15-18-9-3-2-4-10-18/h2-14,17,25H,15-16H2,1H3,(H,28,31). The van der Waals surface area contributed by atoms with E-state index in [4.69, 9.17) is 4.74 Å². The van der Waals surface area contributed by atoms with Crippen molar-refractivity contribution in [3.63, 3.8) is 0 Å². The number of hydrogen-bond donors (Lipinski definition) is 1. The van der Waals surface area contributed by atoms with Gasteiger partial charge in [0.15, 0.2) is 6.61 Å². The third-order valence-electron chi connectivity index (χ3n) is 5.15. The highest BCUT2D eigenvalue weighted by molar-refractivity contribution is 5.79. The number of carbonyl (C=O) groups excluding carboxylic acids is 1. The Morgan fingerprint density at radius 2 is 1.69 bits per heavy atom. The summed E-state index contributed by atoms with van der Waals surface area (Å²) in [6.45, 7) is -1.37. The van der Waals surface area contributed by atoms with Gasteiger partial charge in [-0.2, -0.15) is 8.78 Å². The molecule has 4 rings (SSSR count). The molecule has 164 valence electrons. The second kappa shape index (κ2) is 9.60. The van der Waals surface area contributed by atoms with Gasteiger partial charge in [-0.1, -0.05) is 60.7 Å². The zero-order chi connectivity index (χ0) is 22.5. The molecule has 5 nitrogen and oxygen atoms in total. The number of fused-ring (bicyclic) bond motifs is 1. The van der Waals surface area contributed by atoms with Crippen LogP contribution in [0.2, 0.25) is 0 Å². The Labute approximate surface area is 184 Å². The number of benzene rings is 3. The van der Waals surface area contributed by atoms with Crippen molar-refractivity contribution in [3.8, 4) is 5.75 Å². The van der Waals surface area contributed by atoms with Gasteiger partial charge in [0.2, 0.25) is 0 Å². The van der Waals surface area contributed by atoms with Crippen LogP contribution in [0.5, 0.6) is 5.75 Å². The van der Waals surface area contributed by atoms with Crippen LogP contribution in [-0.4, -0.2) is 22.1 Å². The molecule has 32 heavy (non-hydrogen) atoms. The number of alkyl halides is 2. The molecule has 1 heterocycles. The molecule has 7 heteroatoms. The van der Waals surface area contributed by atoms with E-state index in [0.717, 1.165) is 15.7 Å². The fourth-order valence-electron chi connectivity index (χ4n) is 3.67. The minimum Gasteiger partial charge on any atom is -0.483 e. The van der Waals surface area contributed by atoms with Crippen molar-refractivity contribution in [2.24, 2.45) is 0 Å². The van der Waals surface area contributed by atoms with Crippen molar-refractivity contribution in [3.05, 3.63) is 95.8 Å². The summed E-state index contributed by atoms with van der Waals surface area (Å²) in [6.07, 6.45) is 0.674.